The summed E-state index contributed by atoms with van der Waals surface area (Å²) in [4.78, 5) is 4.52. The maximum absolute atomic E-state index is 5.77. The minimum absolute atomic E-state index is 0.645. The first-order chi connectivity index (χ1) is 9.22. The topological polar surface area (TPSA) is 62.3 Å². The molecule has 0 atom stereocenters. The average Bonchev–Trinajstić information content (AvgIpc) is 2.69. The van der Waals surface area contributed by atoms with E-state index in [0.29, 0.717) is 13.2 Å². The Morgan fingerprint density at radius 2 is 2.11 bits per heavy atom. The van der Waals surface area contributed by atoms with Crippen LogP contribution in [0.4, 0.5) is 5.69 Å². The number of nitrogen functional groups attached to an aromatic ring is 1. The molecule has 0 amide bonds. The number of methoxy groups -OCH3 is 1. The lowest BCUT2D eigenvalue weighted by atomic mass is 10.3. The maximum Gasteiger partial charge on any atom is 0.106 e. The Hall–Kier alpha value is -1.59. The largest absolute Gasteiger partial charge is 0.399 e. The van der Waals surface area contributed by atoms with Crippen LogP contribution in [0.1, 0.15) is 12.2 Å². The number of fused-ring (bicyclic) bond motifs is 1. The molecule has 0 aliphatic rings. The number of aromatic nitrogens is 2. The summed E-state index contributed by atoms with van der Waals surface area (Å²) in [6, 6.07) is 5.85. The summed E-state index contributed by atoms with van der Waals surface area (Å²) in [5.41, 5.74) is 8.60. The monoisotopic (exact) mass is 263 g/mol. The van der Waals surface area contributed by atoms with E-state index in [1.54, 1.807) is 7.11 Å². The molecule has 0 fully saturated rings. The highest BCUT2D eigenvalue weighted by Crippen LogP contribution is 2.19. The van der Waals surface area contributed by atoms with Crippen molar-refractivity contribution in [1.82, 2.24) is 9.55 Å². The fraction of sp³-hybridized carbons (Fsp3) is 0.500. The van der Waals surface area contributed by atoms with Gasteiger partial charge in [-0.15, -0.1) is 0 Å². The van der Waals surface area contributed by atoms with Crippen LogP contribution < -0.4 is 5.73 Å². The summed E-state index contributed by atoms with van der Waals surface area (Å²) >= 11 is 0. The van der Waals surface area contributed by atoms with Gasteiger partial charge in [0, 0.05) is 25.9 Å². The molecule has 0 saturated heterocycles. The fourth-order valence-electron chi connectivity index (χ4n) is 2.12. The Balaban J connectivity index is 1.95. The van der Waals surface area contributed by atoms with E-state index in [1.165, 1.54) is 0 Å². The predicted molar refractivity (Wildman–Crippen MR) is 76.2 cm³/mol. The van der Waals surface area contributed by atoms with Crippen molar-refractivity contribution < 1.29 is 9.47 Å². The first-order valence-electron chi connectivity index (χ1n) is 6.51. The van der Waals surface area contributed by atoms with Gasteiger partial charge in [0.1, 0.15) is 5.82 Å². The fourth-order valence-corrected chi connectivity index (χ4v) is 2.12. The van der Waals surface area contributed by atoms with Crippen LogP contribution in [0.3, 0.4) is 0 Å². The number of aryl methyl sites for hydroxylation is 2. The molecule has 2 aromatic rings. The van der Waals surface area contributed by atoms with Gasteiger partial charge in [0.2, 0.25) is 0 Å². The second-order valence-electron chi connectivity index (χ2n) is 4.52. The molecule has 0 spiro atoms. The molecule has 0 bridgehead atoms. The van der Waals surface area contributed by atoms with Crippen molar-refractivity contribution in [2.45, 2.75) is 19.9 Å². The highest BCUT2D eigenvalue weighted by Gasteiger charge is 2.06. The van der Waals surface area contributed by atoms with Gasteiger partial charge < -0.3 is 19.8 Å². The van der Waals surface area contributed by atoms with Gasteiger partial charge in [0.05, 0.1) is 24.2 Å². The molecule has 0 aliphatic heterocycles. The van der Waals surface area contributed by atoms with Gasteiger partial charge in [-0.2, -0.15) is 0 Å². The van der Waals surface area contributed by atoms with E-state index in [0.717, 1.165) is 42.1 Å². The minimum atomic E-state index is 0.645. The molecule has 104 valence electrons. The number of rotatable bonds is 7. The number of benzene rings is 1. The van der Waals surface area contributed by atoms with E-state index < -0.39 is 0 Å². The molecule has 0 saturated carbocycles. The molecule has 5 nitrogen and oxygen atoms in total. The average molecular weight is 263 g/mol. The molecule has 1 heterocycles. The molecule has 1 aromatic heterocycles. The lowest BCUT2D eigenvalue weighted by molar-refractivity contribution is 0.0681. The van der Waals surface area contributed by atoms with E-state index in [-0.39, 0.29) is 0 Å². The first kappa shape index (κ1) is 13.8. The third-order valence-electron chi connectivity index (χ3n) is 3.07. The van der Waals surface area contributed by atoms with Crippen LogP contribution >= 0.6 is 0 Å². The van der Waals surface area contributed by atoms with Crippen molar-refractivity contribution in [3.05, 3.63) is 24.0 Å². The number of nitrogens with zero attached hydrogens (tertiary/aromatic N) is 2. The van der Waals surface area contributed by atoms with Crippen LogP contribution in [-0.2, 0) is 16.0 Å². The third kappa shape index (κ3) is 3.45. The van der Waals surface area contributed by atoms with Gasteiger partial charge in [0.15, 0.2) is 0 Å². The molecule has 2 N–H and O–H groups in total. The first-order valence-corrected chi connectivity index (χ1v) is 6.51. The Morgan fingerprint density at radius 3 is 2.89 bits per heavy atom. The van der Waals surface area contributed by atoms with Crippen molar-refractivity contribution in [2.24, 2.45) is 0 Å². The second kappa shape index (κ2) is 6.54. The normalized spacial score (nSPS) is 11.3. The van der Waals surface area contributed by atoms with Gasteiger partial charge in [-0.25, -0.2) is 4.98 Å². The summed E-state index contributed by atoms with van der Waals surface area (Å²) in [5, 5.41) is 0. The van der Waals surface area contributed by atoms with Crippen LogP contribution in [0.15, 0.2) is 18.2 Å². The minimum Gasteiger partial charge on any atom is -0.399 e. The summed E-state index contributed by atoms with van der Waals surface area (Å²) in [6.07, 6.45) is 0.959. The summed E-state index contributed by atoms with van der Waals surface area (Å²) in [7, 11) is 1.68. The number of hydrogen-bond acceptors (Lipinski definition) is 4. The molecule has 2 rings (SSSR count). The third-order valence-corrected chi connectivity index (χ3v) is 3.07. The highest BCUT2D eigenvalue weighted by atomic mass is 16.5. The zero-order valence-electron chi connectivity index (χ0n) is 11.6. The van der Waals surface area contributed by atoms with Crippen molar-refractivity contribution in [1.29, 1.82) is 0 Å². The number of ether oxygens (including phenoxy) is 2. The Morgan fingerprint density at radius 1 is 1.26 bits per heavy atom. The van der Waals surface area contributed by atoms with Crippen LogP contribution in [0.25, 0.3) is 11.0 Å². The standard InChI is InChI=1S/C14H21N3O2/c1-11-16-13-10-12(15)4-5-14(13)17(11)6-3-7-19-9-8-18-2/h4-5,10H,3,6-9,15H2,1-2H3. The van der Waals surface area contributed by atoms with Crippen LogP contribution in [0, 0.1) is 6.92 Å². The number of hydrogen-bond donors (Lipinski definition) is 1. The number of anilines is 1. The Kier molecular flexibility index (Phi) is 4.76. The van der Waals surface area contributed by atoms with Crippen molar-refractivity contribution in [3.63, 3.8) is 0 Å². The van der Waals surface area contributed by atoms with Crippen LogP contribution in [0.2, 0.25) is 0 Å². The van der Waals surface area contributed by atoms with Crippen molar-refractivity contribution >= 4 is 16.7 Å². The number of nitrogens with two attached hydrogens (primary N) is 1. The van der Waals surface area contributed by atoms with E-state index in [2.05, 4.69) is 9.55 Å². The van der Waals surface area contributed by atoms with E-state index >= 15 is 0 Å². The summed E-state index contributed by atoms with van der Waals surface area (Å²) in [6.45, 7) is 4.95. The zero-order chi connectivity index (χ0) is 13.7. The Labute approximate surface area is 113 Å². The molecule has 0 aliphatic carbocycles. The lowest BCUT2D eigenvalue weighted by Gasteiger charge is -2.07. The second-order valence-corrected chi connectivity index (χ2v) is 4.52. The summed E-state index contributed by atoms with van der Waals surface area (Å²) in [5.74, 6) is 1.01. The lowest BCUT2D eigenvalue weighted by Crippen LogP contribution is -2.07. The molecule has 1 aromatic carbocycles. The highest BCUT2D eigenvalue weighted by molar-refractivity contribution is 5.79. The zero-order valence-corrected chi connectivity index (χ0v) is 11.6. The van der Waals surface area contributed by atoms with Crippen molar-refractivity contribution in [2.75, 3.05) is 32.7 Å². The van der Waals surface area contributed by atoms with Gasteiger partial charge in [0.25, 0.3) is 0 Å². The maximum atomic E-state index is 5.77. The summed E-state index contributed by atoms with van der Waals surface area (Å²) < 4.78 is 12.6. The molecule has 0 unspecified atom stereocenters. The molecule has 19 heavy (non-hydrogen) atoms. The van der Waals surface area contributed by atoms with E-state index in [9.17, 15) is 0 Å². The van der Waals surface area contributed by atoms with Crippen LogP contribution in [0.5, 0.6) is 0 Å². The van der Waals surface area contributed by atoms with Crippen LogP contribution in [-0.4, -0.2) is 36.5 Å². The van der Waals surface area contributed by atoms with Gasteiger partial charge in [-0.3, -0.25) is 0 Å². The molecular formula is C14H21N3O2. The smallest absolute Gasteiger partial charge is 0.106 e. The number of imidazole rings is 1. The Bertz CT molecular complexity index is 537. The van der Waals surface area contributed by atoms with E-state index in [1.807, 2.05) is 25.1 Å². The van der Waals surface area contributed by atoms with Gasteiger partial charge >= 0.3 is 0 Å². The quantitative estimate of drug-likeness (QED) is 0.613. The molecule has 5 heteroatoms. The predicted octanol–water partition coefficient (Wildman–Crippen LogP) is 1.98. The molecule has 0 radical (unpaired) electrons. The van der Waals surface area contributed by atoms with Crippen molar-refractivity contribution in [3.8, 4) is 0 Å². The van der Waals surface area contributed by atoms with E-state index in [4.69, 9.17) is 15.2 Å². The van der Waals surface area contributed by atoms with Gasteiger partial charge in [-0.1, -0.05) is 0 Å². The SMILES string of the molecule is COCCOCCCn1c(C)nc2cc(N)ccc21. The molecular weight excluding hydrogens is 242 g/mol. The van der Waals surface area contributed by atoms with Gasteiger partial charge in [-0.05, 0) is 31.5 Å².